The number of hydrogen-bond acceptors (Lipinski definition) is 33. The summed E-state index contributed by atoms with van der Waals surface area (Å²) in [6.07, 6.45) is 32.5. The van der Waals surface area contributed by atoms with E-state index in [1.807, 2.05) is 39.0 Å². The van der Waals surface area contributed by atoms with Crippen LogP contribution < -0.4 is 45.9 Å². The topological polar surface area (TPSA) is 555 Å². The maximum absolute atomic E-state index is 12.3. The van der Waals surface area contributed by atoms with Crippen LogP contribution in [0.4, 0.5) is 42.0 Å². The summed E-state index contributed by atoms with van der Waals surface area (Å²) < 4.78 is 41.4. The van der Waals surface area contributed by atoms with E-state index in [2.05, 4.69) is 125 Å². The zero-order valence-electron chi connectivity index (χ0n) is 72.1. The number of rotatable bonds is 27. The van der Waals surface area contributed by atoms with Gasteiger partial charge in [-0.3, -0.25) is 44.7 Å². The SMILES string of the molecule is C=CCON1C(=O)N2CC(I)=CC1C2.C=CCON1C(=O)N2CC(n3ccc(C(=O)Nc4ncco4)n3)=CC1C2.C=CCON1C(=O)N2CC(n3ccc(C(=O)O)n3)=CC1C2.C=CCON1C(=O)N2CC(n3ccc(C(=O)OC(C)(C)C)n3)=CC1C2.CC(C)(C)OC(=O)c1ccn[nH]1.Nc1ncco1.O=C(Nc1ncco1)c1ccn(C2=CC3CN(C2)C(=O)N3OSOOO)n1.[Na+]. The van der Waals surface area contributed by atoms with E-state index in [9.17, 15) is 47.9 Å². The number of H-pyrrole nitrogens is 1. The van der Waals surface area contributed by atoms with Gasteiger partial charge < -0.3 is 58.1 Å². The average Bonchev–Trinajstić information content (AvgIpc) is 1.63. The molecule has 53 heteroatoms. The van der Waals surface area contributed by atoms with E-state index in [1.54, 1.807) is 123 Å². The third-order valence-electron chi connectivity index (χ3n) is 18.7. The number of carboxylic acid groups (broad SMARTS) is 1. The van der Waals surface area contributed by atoms with Crippen molar-refractivity contribution in [3.05, 3.63) is 212 Å². The fourth-order valence-corrected chi connectivity index (χ4v) is 14.4. The number of nitrogens with zero attached hydrogens (tertiary/aromatic N) is 22. The van der Waals surface area contributed by atoms with Crippen molar-refractivity contribution in [3.63, 3.8) is 0 Å². The molecule has 8 aromatic rings. The van der Waals surface area contributed by atoms with Crippen molar-refractivity contribution in [1.82, 2.24) is 114 Å². The Labute approximate surface area is 791 Å². The van der Waals surface area contributed by atoms with Crippen LogP contribution in [0.15, 0.2) is 197 Å². The monoisotopic (exact) mass is 1970 g/mol. The van der Waals surface area contributed by atoms with Gasteiger partial charge in [0.15, 0.2) is 22.8 Å². The Balaban J connectivity index is 0.000000153. The van der Waals surface area contributed by atoms with Gasteiger partial charge in [0.2, 0.25) is 12.3 Å². The molecule has 0 aliphatic carbocycles. The van der Waals surface area contributed by atoms with Gasteiger partial charge in [0, 0.05) is 67.3 Å². The maximum Gasteiger partial charge on any atom is 1.00 e. The summed E-state index contributed by atoms with van der Waals surface area (Å²) in [4.78, 5) is 160. The van der Waals surface area contributed by atoms with Gasteiger partial charge in [-0.1, -0.05) is 29.3 Å². The number of carbonyl (C=O) groups is 10. The predicted molar refractivity (Wildman–Crippen MR) is 465 cm³/mol. The van der Waals surface area contributed by atoms with Gasteiger partial charge in [0.25, 0.3) is 17.8 Å². The number of nitrogens with two attached hydrogens (primary N) is 1. The summed E-state index contributed by atoms with van der Waals surface area (Å²) in [5.74, 6) is -2.84. The molecule has 0 aromatic carbocycles. The number of carbonyl (C=O) groups excluding carboxylic acids is 9. The van der Waals surface area contributed by atoms with Crippen molar-refractivity contribution in [1.29, 1.82) is 0 Å². The molecule has 18 rings (SSSR count). The Kier molecular flexibility index (Phi) is 34.1. The smallest absolute Gasteiger partial charge is 0.476 e. The van der Waals surface area contributed by atoms with Crippen LogP contribution in [0.2, 0.25) is 0 Å². The van der Waals surface area contributed by atoms with Gasteiger partial charge in [-0.25, -0.2) is 77.3 Å². The van der Waals surface area contributed by atoms with Gasteiger partial charge >= 0.3 is 89.7 Å². The number of urea groups is 5. The number of aromatic carboxylic acids is 1. The fourth-order valence-electron chi connectivity index (χ4n) is 13.3. The molecular formula is C79H91IN26NaO24S+. The van der Waals surface area contributed by atoms with Crippen LogP contribution in [0.3, 0.4) is 0 Å². The summed E-state index contributed by atoms with van der Waals surface area (Å²) in [5.41, 5.74) is 7.94. The number of esters is 2. The minimum absolute atomic E-state index is 0. The number of halogens is 1. The molecule has 10 aliphatic heterocycles. The Morgan fingerprint density at radius 1 is 0.500 bits per heavy atom. The molecule has 5 atom stereocenters. The van der Waals surface area contributed by atoms with E-state index in [0.717, 1.165) is 28.7 Å². The maximum atomic E-state index is 12.3. The second-order valence-corrected chi connectivity index (χ2v) is 32.3. The first-order valence-corrected chi connectivity index (χ1v) is 41.4. The van der Waals surface area contributed by atoms with Gasteiger partial charge in [0.05, 0.1) is 125 Å². The molecule has 694 valence electrons. The summed E-state index contributed by atoms with van der Waals surface area (Å²) >= 11 is 2.55. The molecule has 5 unspecified atom stereocenters. The number of oxazole rings is 3. The Hall–Kier alpha value is -13.4. The van der Waals surface area contributed by atoms with Crippen LogP contribution in [0.1, 0.15) is 94.0 Å². The number of amides is 12. The van der Waals surface area contributed by atoms with Crippen molar-refractivity contribution < 1.29 is 144 Å². The zero-order chi connectivity index (χ0) is 93.8. The van der Waals surface area contributed by atoms with Crippen LogP contribution in [0, 0.1) is 0 Å². The molecule has 10 aliphatic rings. The molecule has 18 heterocycles. The quantitative estimate of drug-likeness (QED) is 0.00580. The molecule has 132 heavy (non-hydrogen) atoms. The molecule has 5 saturated heterocycles. The summed E-state index contributed by atoms with van der Waals surface area (Å²) in [6.45, 7) is 31.3. The van der Waals surface area contributed by atoms with Gasteiger partial charge in [-0.2, -0.15) is 55.1 Å². The molecule has 50 nitrogen and oxygen atoms in total. The number of hydrogen-bond donors (Lipinski definition) is 6. The van der Waals surface area contributed by atoms with E-state index < -0.39 is 41.0 Å². The van der Waals surface area contributed by atoms with Crippen LogP contribution in [-0.4, -0.2) is 318 Å². The van der Waals surface area contributed by atoms with Gasteiger partial charge in [-0.05, 0) is 125 Å². The summed E-state index contributed by atoms with van der Waals surface area (Å²) in [6, 6.07) is 6.16. The zero-order valence-corrected chi connectivity index (χ0v) is 77.1. The average molecular weight is 1970 g/mol. The molecule has 5 fully saturated rings. The molecule has 0 spiro atoms. The van der Waals surface area contributed by atoms with Gasteiger partial charge in [0.1, 0.15) is 41.7 Å². The third kappa shape index (κ3) is 25.8. The van der Waals surface area contributed by atoms with Crippen molar-refractivity contribution >= 4 is 136 Å². The third-order valence-corrected chi connectivity index (χ3v) is 19.7. The molecule has 12 amide bonds. The van der Waals surface area contributed by atoms with E-state index >= 15 is 0 Å². The first-order valence-electron chi connectivity index (χ1n) is 39.7. The first kappa shape index (κ1) is 99.2. The van der Waals surface area contributed by atoms with E-state index in [4.69, 9.17) is 58.0 Å². The normalized spacial score (nSPS) is 18.7. The number of hydroxylamine groups is 10. The van der Waals surface area contributed by atoms with E-state index in [0.29, 0.717) is 82.7 Å². The Morgan fingerprint density at radius 2 is 0.848 bits per heavy atom. The number of carboxylic acids is 1. The number of fused-ring (bicyclic) bond motifs is 10. The summed E-state index contributed by atoms with van der Waals surface area (Å²) in [5, 5.41) is 54.9. The van der Waals surface area contributed by atoms with Crippen molar-refractivity contribution in [2.75, 3.05) is 108 Å². The predicted octanol–water partition coefficient (Wildman–Crippen LogP) is 4.95. The number of anilines is 3. The second-order valence-electron chi connectivity index (χ2n) is 30.5. The fraction of sp³-hybridized carbons (Fsp3) is 0.342. The Morgan fingerprint density at radius 3 is 1.18 bits per heavy atom. The van der Waals surface area contributed by atoms with Crippen LogP contribution >= 0.6 is 34.9 Å². The molecule has 7 N–H and O–H groups in total. The van der Waals surface area contributed by atoms with E-state index in [1.165, 1.54) is 93.8 Å². The molecule has 0 radical (unpaired) electrons. The minimum atomic E-state index is -1.08. The van der Waals surface area contributed by atoms with Crippen molar-refractivity contribution in [2.45, 2.75) is 83.0 Å². The van der Waals surface area contributed by atoms with Crippen LogP contribution in [0.5, 0.6) is 0 Å². The van der Waals surface area contributed by atoms with Crippen LogP contribution in [-0.2, 0) is 42.5 Å². The number of ether oxygens (including phenoxy) is 2. The standard InChI is InChI=1S/C17H22N4O4.C16H16N6O4.C13H12N6O7S.C13H14N4O4.C9H11IN2O2.C8H12N2O2.C3H4N2O.Na/c1-5-8-24-21-13-9-12(10-19(11-13)16(21)23)20-7-6-14(18-20)15(22)25-17(2,3)4;1-2-6-26-22-12-8-11(9-20(10-12)16(22)24)21-5-3-13(19-21)14(23)18-15-17-4-7-25-15;20-11(15-12-14-2-4-23-12)10-1-3-18(16-10)8-5-9-7-17(6-8)13(21)19(9)24-27-26-25-22;1-2-5-21-17-10-6-9(7-15(8-10)13(17)20)16-4-3-11(14-16)12(18)19;1-2-3-14-12-8-4-7(10)5-11(6-8)9(12)13;1-8(2,3)12-7(11)6-4-5-9-10-6;4-3-5-1-2-6-3;/h5-7,9,13H,1,8,10-11H2,2-4H3;2-5,7-8,12H,1,6,9-10H2,(H,17,18,23);1-5,9,22H,6-7H2,(H,14,15,20);2-4,6,10H,1,5,7-8H2,(H,18,19);2,4,8H,1,3,5-6H2;4-5H,1-3H3,(H,9,10);1-2H,(H2,4,5);/q;;;;;;;+1. The van der Waals surface area contributed by atoms with E-state index in [-0.39, 0.29) is 157 Å². The number of nitrogen functional groups attached to an aromatic ring is 1. The number of nitrogens with one attached hydrogen (secondary N) is 3. The van der Waals surface area contributed by atoms with Crippen molar-refractivity contribution in [3.8, 4) is 0 Å². The molecule has 8 aromatic heterocycles. The number of aromatic amines is 1. The largest absolute Gasteiger partial charge is 1.00 e. The molecule has 10 bridgehead atoms. The minimum Gasteiger partial charge on any atom is -0.476 e. The van der Waals surface area contributed by atoms with Crippen LogP contribution in [0.25, 0.3) is 22.8 Å². The second kappa shape index (κ2) is 45.4. The van der Waals surface area contributed by atoms with Gasteiger partial charge in [-0.15, -0.1) is 30.6 Å². The summed E-state index contributed by atoms with van der Waals surface area (Å²) in [7, 11) is 0. The Bertz CT molecular complexity index is 5580. The molecular weight excluding hydrogens is 1880 g/mol. The van der Waals surface area contributed by atoms with Crippen molar-refractivity contribution in [2.24, 2.45) is 0 Å². The molecule has 0 saturated carbocycles. The number of aromatic nitrogens is 13. The first-order chi connectivity index (χ1) is 62.8.